The summed E-state index contributed by atoms with van der Waals surface area (Å²) in [6, 6.07) is 3.17. The molecule has 0 atom stereocenters. The standard InChI is InChI=1S/C15H19N5O3/c1-9(21)17-10-5-13(20(4)7-10)15(23)18-11-6-12(14(22)16-2)19(3)8-11/h5-8H,1-4H3,(H,16,22)(H,17,21)(H,18,23). The minimum atomic E-state index is -0.335. The predicted octanol–water partition coefficient (Wildman–Crippen LogP) is 0.934. The molecule has 0 radical (unpaired) electrons. The predicted molar refractivity (Wildman–Crippen MR) is 86.5 cm³/mol. The molecular weight excluding hydrogens is 298 g/mol. The Hall–Kier alpha value is -3.03. The van der Waals surface area contributed by atoms with Gasteiger partial charge in [-0.1, -0.05) is 0 Å². The minimum Gasteiger partial charge on any atom is -0.354 e. The van der Waals surface area contributed by atoms with E-state index in [0.717, 1.165) is 0 Å². The number of anilines is 2. The van der Waals surface area contributed by atoms with Crippen LogP contribution in [0.25, 0.3) is 0 Å². The van der Waals surface area contributed by atoms with E-state index in [-0.39, 0.29) is 17.7 Å². The molecule has 2 aromatic heterocycles. The van der Waals surface area contributed by atoms with E-state index in [9.17, 15) is 14.4 Å². The SMILES string of the molecule is CNC(=O)c1cc(NC(=O)c2cc(NC(C)=O)cn2C)cn1C. The zero-order valence-electron chi connectivity index (χ0n) is 13.4. The van der Waals surface area contributed by atoms with Crippen LogP contribution in [0.1, 0.15) is 27.9 Å². The zero-order chi connectivity index (χ0) is 17.1. The fraction of sp³-hybridized carbons (Fsp3) is 0.267. The molecule has 0 bridgehead atoms. The number of aromatic nitrogens is 2. The molecule has 0 aliphatic rings. The van der Waals surface area contributed by atoms with Gasteiger partial charge < -0.3 is 25.1 Å². The molecule has 0 aliphatic heterocycles. The maximum Gasteiger partial charge on any atom is 0.272 e. The lowest BCUT2D eigenvalue weighted by molar-refractivity contribution is -0.114. The van der Waals surface area contributed by atoms with Gasteiger partial charge in [0.05, 0.1) is 11.4 Å². The first-order valence-corrected chi connectivity index (χ1v) is 6.95. The summed E-state index contributed by atoms with van der Waals surface area (Å²) in [6.07, 6.45) is 3.30. The van der Waals surface area contributed by atoms with Crippen LogP contribution in [-0.2, 0) is 18.9 Å². The van der Waals surface area contributed by atoms with Crippen LogP contribution in [-0.4, -0.2) is 33.9 Å². The maximum absolute atomic E-state index is 12.3. The number of carbonyl (C=O) groups is 3. The molecule has 122 valence electrons. The molecule has 3 amide bonds. The number of nitrogens with one attached hydrogen (secondary N) is 3. The number of hydrogen-bond donors (Lipinski definition) is 3. The lowest BCUT2D eigenvalue weighted by atomic mass is 10.3. The Morgan fingerprint density at radius 1 is 0.870 bits per heavy atom. The Bertz CT molecular complexity index is 772. The lowest BCUT2D eigenvalue weighted by Crippen LogP contribution is -2.20. The molecule has 3 N–H and O–H groups in total. The highest BCUT2D eigenvalue weighted by Crippen LogP contribution is 2.17. The Balaban J connectivity index is 2.18. The summed E-state index contributed by atoms with van der Waals surface area (Å²) < 4.78 is 3.24. The molecule has 2 rings (SSSR count). The van der Waals surface area contributed by atoms with Crippen molar-refractivity contribution in [3.63, 3.8) is 0 Å². The summed E-state index contributed by atoms with van der Waals surface area (Å²) >= 11 is 0. The van der Waals surface area contributed by atoms with Gasteiger partial charge in [-0.15, -0.1) is 0 Å². The number of carbonyl (C=O) groups excluding carboxylic acids is 3. The van der Waals surface area contributed by atoms with Gasteiger partial charge >= 0.3 is 0 Å². The summed E-state index contributed by atoms with van der Waals surface area (Å²) in [6.45, 7) is 1.40. The molecule has 0 fully saturated rings. The molecule has 2 heterocycles. The molecule has 0 unspecified atom stereocenters. The van der Waals surface area contributed by atoms with Crippen molar-refractivity contribution in [2.75, 3.05) is 17.7 Å². The second-order valence-electron chi connectivity index (χ2n) is 5.16. The molecule has 0 saturated heterocycles. The van der Waals surface area contributed by atoms with Crippen LogP contribution in [0.2, 0.25) is 0 Å². The largest absolute Gasteiger partial charge is 0.354 e. The Morgan fingerprint density at radius 2 is 1.35 bits per heavy atom. The number of rotatable bonds is 4. The van der Waals surface area contributed by atoms with Gasteiger partial charge in [0.1, 0.15) is 11.4 Å². The summed E-state index contributed by atoms with van der Waals surface area (Å²) in [5, 5.41) is 7.89. The molecule has 0 spiro atoms. The molecule has 8 nitrogen and oxygen atoms in total. The fourth-order valence-corrected chi connectivity index (χ4v) is 2.24. The van der Waals surface area contributed by atoms with E-state index in [0.29, 0.717) is 22.8 Å². The van der Waals surface area contributed by atoms with Crippen molar-refractivity contribution in [2.24, 2.45) is 14.1 Å². The quantitative estimate of drug-likeness (QED) is 0.782. The lowest BCUT2D eigenvalue weighted by Gasteiger charge is -2.03. The van der Waals surface area contributed by atoms with E-state index in [1.807, 2.05) is 0 Å². The van der Waals surface area contributed by atoms with Crippen molar-refractivity contribution < 1.29 is 14.4 Å². The van der Waals surface area contributed by atoms with Crippen LogP contribution < -0.4 is 16.0 Å². The van der Waals surface area contributed by atoms with Gasteiger partial charge in [0.15, 0.2) is 0 Å². The van der Waals surface area contributed by atoms with Crippen LogP contribution >= 0.6 is 0 Å². The van der Waals surface area contributed by atoms with Gasteiger partial charge in [0.2, 0.25) is 5.91 Å². The van der Waals surface area contributed by atoms with Crippen LogP contribution in [0.3, 0.4) is 0 Å². The first-order valence-electron chi connectivity index (χ1n) is 6.95. The summed E-state index contributed by atoms with van der Waals surface area (Å²) in [4.78, 5) is 35.1. The maximum atomic E-state index is 12.3. The van der Waals surface area contributed by atoms with Crippen molar-refractivity contribution in [2.45, 2.75) is 6.92 Å². The van der Waals surface area contributed by atoms with Gasteiger partial charge in [0.25, 0.3) is 11.8 Å². The third-order valence-corrected chi connectivity index (χ3v) is 3.28. The number of amides is 3. The second kappa shape index (κ2) is 6.39. The minimum absolute atomic E-state index is 0.208. The van der Waals surface area contributed by atoms with Crippen LogP contribution in [0.4, 0.5) is 11.4 Å². The van der Waals surface area contributed by atoms with Crippen molar-refractivity contribution in [1.82, 2.24) is 14.5 Å². The second-order valence-corrected chi connectivity index (χ2v) is 5.16. The van der Waals surface area contributed by atoms with Gasteiger partial charge in [-0.3, -0.25) is 14.4 Å². The van der Waals surface area contributed by atoms with Crippen LogP contribution in [0.5, 0.6) is 0 Å². The third-order valence-electron chi connectivity index (χ3n) is 3.28. The Morgan fingerprint density at radius 3 is 1.83 bits per heavy atom. The summed E-state index contributed by atoms with van der Waals surface area (Å²) in [7, 11) is 4.97. The third kappa shape index (κ3) is 3.60. The monoisotopic (exact) mass is 317 g/mol. The highest BCUT2D eigenvalue weighted by molar-refractivity contribution is 6.05. The van der Waals surface area contributed by atoms with Crippen LogP contribution in [0, 0.1) is 0 Å². The molecule has 0 saturated carbocycles. The average Bonchev–Trinajstić information content (AvgIpc) is 3.00. The highest BCUT2D eigenvalue weighted by atomic mass is 16.2. The molecule has 0 aromatic carbocycles. The number of aryl methyl sites for hydroxylation is 2. The zero-order valence-corrected chi connectivity index (χ0v) is 13.4. The molecule has 8 heteroatoms. The van der Waals surface area contributed by atoms with E-state index in [1.165, 1.54) is 6.92 Å². The molecule has 2 aromatic rings. The van der Waals surface area contributed by atoms with Crippen molar-refractivity contribution in [3.05, 3.63) is 35.9 Å². The van der Waals surface area contributed by atoms with Gasteiger partial charge in [-0.25, -0.2) is 0 Å². The van der Waals surface area contributed by atoms with E-state index >= 15 is 0 Å². The highest BCUT2D eigenvalue weighted by Gasteiger charge is 2.15. The Kier molecular flexibility index (Phi) is 4.54. The Labute approximate surface area is 133 Å². The van der Waals surface area contributed by atoms with Crippen molar-refractivity contribution in [1.29, 1.82) is 0 Å². The number of nitrogens with zero attached hydrogens (tertiary/aromatic N) is 2. The fourth-order valence-electron chi connectivity index (χ4n) is 2.24. The van der Waals surface area contributed by atoms with Crippen molar-refractivity contribution >= 4 is 29.1 Å². The van der Waals surface area contributed by atoms with E-state index in [4.69, 9.17) is 0 Å². The first-order chi connectivity index (χ1) is 10.8. The average molecular weight is 317 g/mol. The van der Waals surface area contributed by atoms with Gasteiger partial charge in [-0.05, 0) is 12.1 Å². The molecule has 0 aliphatic carbocycles. The topological polar surface area (TPSA) is 97.2 Å². The summed E-state index contributed by atoms with van der Waals surface area (Å²) in [5.74, 6) is -0.779. The van der Waals surface area contributed by atoms with Crippen LogP contribution in [0.15, 0.2) is 24.5 Å². The van der Waals surface area contributed by atoms with E-state index in [1.54, 1.807) is 54.8 Å². The molecule has 23 heavy (non-hydrogen) atoms. The number of hydrogen-bond acceptors (Lipinski definition) is 3. The van der Waals surface area contributed by atoms with Gasteiger partial charge in [0, 0.05) is 40.5 Å². The van der Waals surface area contributed by atoms with E-state index in [2.05, 4.69) is 16.0 Å². The smallest absolute Gasteiger partial charge is 0.272 e. The van der Waals surface area contributed by atoms with Crippen molar-refractivity contribution in [3.8, 4) is 0 Å². The van der Waals surface area contributed by atoms with Gasteiger partial charge in [-0.2, -0.15) is 0 Å². The van der Waals surface area contributed by atoms with E-state index < -0.39 is 0 Å². The normalized spacial score (nSPS) is 10.3. The first kappa shape index (κ1) is 16.3. The summed E-state index contributed by atoms with van der Waals surface area (Å²) in [5.41, 5.74) is 1.88. The molecular formula is C15H19N5O3.